The number of carbonyl (C=O) groups excluding carboxylic acids is 1. The van der Waals surface area contributed by atoms with E-state index in [4.69, 9.17) is 4.74 Å². The zero-order valence-corrected chi connectivity index (χ0v) is 17.6. The van der Waals surface area contributed by atoms with Crippen LogP contribution in [0.4, 0.5) is 0 Å². The summed E-state index contributed by atoms with van der Waals surface area (Å²) in [5, 5.41) is 9.50. The maximum Gasteiger partial charge on any atom is 0.229 e. The fraction of sp³-hybridized carbons (Fsp3) is 0.520. The Morgan fingerprint density at radius 2 is 2.00 bits per heavy atom. The average molecular weight is 409 g/mol. The first-order valence-corrected chi connectivity index (χ1v) is 11.2. The second kappa shape index (κ2) is 9.71. The monoisotopic (exact) mass is 408 g/mol. The summed E-state index contributed by atoms with van der Waals surface area (Å²) in [6, 6.07) is 12.7. The summed E-state index contributed by atoms with van der Waals surface area (Å²) < 4.78 is 5.65. The second-order valence-electron chi connectivity index (χ2n) is 8.67. The number of piperidine rings is 1. The van der Waals surface area contributed by atoms with Crippen LogP contribution < -0.4 is 0 Å². The lowest BCUT2D eigenvalue weighted by atomic mass is 9.73. The lowest BCUT2D eigenvalue weighted by Gasteiger charge is -2.44. The lowest BCUT2D eigenvalue weighted by Crippen LogP contribution is -2.53. The molecule has 160 valence electrons. The van der Waals surface area contributed by atoms with Gasteiger partial charge in [0.2, 0.25) is 5.91 Å². The number of likely N-dealkylation sites (tertiary alicyclic amines) is 1. The van der Waals surface area contributed by atoms with E-state index in [-0.39, 0.29) is 18.6 Å². The van der Waals surface area contributed by atoms with E-state index in [0.717, 1.165) is 56.2 Å². The minimum Gasteiger partial charge on any atom is -0.396 e. The highest BCUT2D eigenvalue weighted by Gasteiger charge is 2.44. The minimum absolute atomic E-state index is 0.137. The van der Waals surface area contributed by atoms with E-state index in [9.17, 15) is 9.90 Å². The summed E-state index contributed by atoms with van der Waals surface area (Å²) >= 11 is 0. The molecule has 2 fully saturated rings. The number of aliphatic hydroxyl groups is 1. The van der Waals surface area contributed by atoms with Crippen LogP contribution in [-0.2, 0) is 16.0 Å². The molecule has 5 heteroatoms. The molecule has 1 aromatic carbocycles. The van der Waals surface area contributed by atoms with E-state index in [1.54, 1.807) is 6.20 Å². The number of carbonyl (C=O) groups is 1. The number of nitrogens with zero attached hydrogens (tertiary/aromatic N) is 2. The molecule has 1 atom stereocenters. The fourth-order valence-electron chi connectivity index (χ4n) is 5.04. The fourth-order valence-corrected chi connectivity index (χ4v) is 5.04. The number of benzene rings is 1. The first-order valence-electron chi connectivity index (χ1n) is 11.2. The maximum atomic E-state index is 13.9. The van der Waals surface area contributed by atoms with E-state index >= 15 is 0 Å². The van der Waals surface area contributed by atoms with Crippen molar-refractivity contribution in [1.82, 2.24) is 9.88 Å². The van der Waals surface area contributed by atoms with Gasteiger partial charge in [-0.3, -0.25) is 9.78 Å². The molecular weight excluding hydrogens is 376 g/mol. The largest absolute Gasteiger partial charge is 0.396 e. The van der Waals surface area contributed by atoms with Crippen molar-refractivity contribution in [3.8, 4) is 11.1 Å². The number of amides is 1. The van der Waals surface area contributed by atoms with Crippen LogP contribution in [-0.4, -0.2) is 53.3 Å². The third kappa shape index (κ3) is 4.57. The predicted octanol–water partition coefficient (Wildman–Crippen LogP) is 3.85. The molecule has 2 aliphatic heterocycles. The molecule has 2 aliphatic rings. The molecule has 1 N–H and O–H groups in total. The van der Waals surface area contributed by atoms with E-state index in [1.807, 2.05) is 12.3 Å². The topological polar surface area (TPSA) is 62.7 Å². The molecule has 1 aromatic heterocycles. The van der Waals surface area contributed by atoms with Gasteiger partial charge >= 0.3 is 0 Å². The molecule has 0 unspecified atom stereocenters. The Hall–Kier alpha value is -2.24. The van der Waals surface area contributed by atoms with Crippen LogP contribution in [0.5, 0.6) is 0 Å². The van der Waals surface area contributed by atoms with Gasteiger partial charge in [-0.15, -0.1) is 0 Å². The van der Waals surface area contributed by atoms with Gasteiger partial charge in [-0.05, 0) is 67.7 Å². The van der Waals surface area contributed by atoms with Crippen molar-refractivity contribution >= 4 is 5.91 Å². The van der Waals surface area contributed by atoms with Crippen molar-refractivity contribution in [2.75, 3.05) is 26.4 Å². The van der Waals surface area contributed by atoms with Gasteiger partial charge in [0, 0.05) is 44.8 Å². The van der Waals surface area contributed by atoms with Gasteiger partial charge in [-0.25, -0.2) is 0 Å². The Balaban J connectivity index is 1.60. The van der Waals surface area contributed by atoms with Crippen molar-refractivity contribution in [3.63, 3.8) is 0 Å². The first kappa shape index (κ1) is 21.0. The van der Waals surface area contributed by atoms with Crippen LogP contribution in [0.2, 0.25) is 0 Å². The van der Waals surface area contributed by atoms with Gasteiger partial charge in [0.25, 0.3) is 0 Å². The molecule has 4 rings (SSSR count). The zero-order chi connectivity index (χ0) is 20.8. The molecule has 2 aromatic rings. The van der Waals surface area contributed by atoms with Crippen molar-refractivity contribution < 1.29 is 14.6 Å². The molecule has 2 saturated heterocycles. The van der Waals surface area contributed by atoms with Crippen LogP contribution in [0.3, 0.4) is 0 Å². The van der Waals surface area contributed by atoms with Crippen LogP contribution in [0, 0.1) is 5.41 Å². The van der Waals surface area contributed by atoms with Crippen molar-refractivity contribution in [1.29, 1.82) is 0 Å². The summed E-state index contributed by atoms with van der Waals surface area (Å²) in [6.07, 6.45) is 9.76. The maximum absolute atomic E-state index is 13.9. The highest BCUT2D eigenvalue weighted by molar-refractivity contribution is 5.84. The molecule has 0 spiro atoms. The first-order chi connectivity index (χ1) is 14.7. The predicted molar refractivity (Wildman–Crippen MR) is 117 cm³/mol. The van der Waals surface area contributed by atoms with E-state index < -0.39 is 5.41 Å². The minimum atomic E-state index is -0.420. The lowest BCUT2D eigenvalue weighted by molar-refractivity contribution is -0.152. The molecule has 3 heterocycles. The third-order valence-electron chi connectivity index (χ3n) is 6.72. The molecule has 0 saturated carbocycles. The Labute approximate surface area is 179 Å². The quantitative estimate of drug-likeness (QED) is 0.789. The summed E-state index contributed by atoms with van der Waals surface area (Å²) in [5.41, 5.74) is 2.98. The highest BCUT2D eigenvalue weighted by atomic mass is 16.5. The van der Waals surface area contributed by atoms with Crippen molar-refractivity contribution in [2.24, 2.45) is 5.41 Å². The second-order valence-corrected chi connectivity index (χ2v) is 8.67. The van der Waals surface area contributed by atoms with E-state index in [2.05, 4.69) is 40.2 Å². The highest BCUT2D eigenvalue weighted by Crippen LogP contribution is 2.39. The third-order valence-corrected chi connectivity index (χ3v) is 6.72. The zero-order valence-electron chi connectivity index (χ0n) is 17.6. The van der Waals surface area contributed by atoms with Crippen LogP contribution in [0.25, 0.3) is 11.1 Å². The number of aromatic nitrogens is 1. The van der Waals surface area contributed by atoms with E-state index in [0.29, 0.717) is 19.6 Å². The summed E-state index contributed by atoms with van der Waals surface area (Å²) in [4.78, 5) is 20.2. The van der Waals surface area contributed by atoms with Gasteiger partial charge in [-0.2, -0.15) is 0 Å². The van der Waals surface area contributed by atoms with Crippen LogP contribution in [0.15, 0.2) is 48.8 Å². The molecule has 0 radical (unpaired) electrons. The Morgan fingerprint density at radius 3 is 2.77 bits per heavy atom. The molecule has 0 bridgehead atoms. The average Bonchev–Trinajstić information content (AvgIpc) is 2.81. The molecule has 1 amide bonds. The van der Waals surface area contributed by atoms with Gasteiger partial charge < -0.3 is 14.7 Å². The van der Waals surface area contributed by atoms with Gasteiger partial charge in [0.15, 0.2) is 0 Å². The SMILES string of the molecule is O=C(N1CCCC[C@@H]1CCO)C1(Cc2cccc(-c3cccnc3)c2)CCOCC1. The molecule has 0 aliphatic carbocycles. The summed E-state index contributed by atoms with van der Waals surface area (Å²) in [6.45, 7) is 2.21. The number of pyridine rings is 1. The summed E-state index contributed by atoms with van der Waals surface area (Å²) in [5.74, 6) is 0.260. The van der Waals surface area contributed by atoms with Gasteiger partial charge in [0.05, 0.1) is 5.41 Å². The van der Waals surface area contributed by atoms with Crippen molar-refractivity contribution in [2.45, 2.75) is 51.0 Å². The Bertz CT molecular complexity index is 831. The normalized spacial score (nSPS) is 21.4. The molecule has 5 nitrogen and oxygen atoms in total. The molecule has 30 heavy (non-hydrogen) atoms. The Morgan fingerprint density at radius 1 is 1.17 bits per heavy atom. The van der Waals surface area contributed by atoms with Crippen LogP contribution >= 0.6 is 0 Å². The van der Waals surface area contributed by atoms with Gasteiger partial charge in [0.1, 0.15) is 0 Å². The number of aliphatic hydroxyl groups excluding tert-OH is 1. The Kier molecular flexibility index (Phi) is 6.80. The number of rotatable bonds is 6. The number of ether oxygens (including phenoxy) is 1. The summed E-state index contributed by atoms with van der Waals surface area (Å²) in [7, 11) is 0. The number of hydrogen-bond donors (Lipinski definition) is 1. The number of hydrogen-bond acceptors (Lipinski definition) is 4. The van der Waals surface area contributed by atoms with Crippen LogP contribution in [0.1, 0.15) is 44.1 Å². The molecular formula is C25H32N2O3. The smallest absolute Gasteiger partial charge is 0.229 e. The van der Waals surface area contributed by atoms with Gasteiger partial charge in [-0.1, -0.05) is 30.3 Å². The van der Waals surface area contributed by atoms with Crippen molar-refractivity contribution in [3.05, 3.63) is 54.4 Å². The van der Waals surface area contributed by atoms with E-state index in [1.165, 1.54) is 5.56 Å². The standard InChI is InChI=1S/C25H32N2O3/c28-14-9-23-8-1-2-13-27(23)24(29)25(10-15-30-16-11-25)18-20-5-3-6-21(17-20)22-7-4-12-26-19-22/h3-7,12,17,19,23,28H,1-2,8-11,13-16,18H2/t23-/m1/s1.